The number of hydrogen-bond acceptors (Lipinski definition) is 4. The van der Waals surface area contributed by atoms with E-state index in [0.717, 1.165) is 27.2 Å². The normalized spacial score (nSPS) is 17.9. The molecular weight excluding hydrogens is 282 g/mol. The van der Waals surface area contributed by atoms with Crippen LogP contribution in [0.4, 0.5) is 5.69 Å². The van der Waals surface area contributed by atoms with Crippen LogP contribution >= 0.6 is 15.9 Å². The Morgan fingerprint density at radius 3 is 2.82 bits per heavy atom. The second kappa shape index (κ2) is 3.53. The molecule has 0 N–H and O–H groups in total. The molecule has 0 spiro atoms. The molecule has 2 aromatic rings. The van der Waals surface area contributed by atoms with E-state index >= 15 is 0 Å². The number of nitrogens with zero attached hydrogens (tertiary/aromatic N) is 5. The zero-order chi connectivity index (χ0) is 12.2. The van der Waals surface area contributed by atoms with Gasteiger partial charge in [0, 0.05) is 25.9 Å². The molecule has 0 radical (unpaired) electrons. The molecule has 0 fully saturated rings. The van der Waals surface area contributed by atoms with E-state index in [1.807, 2.05) is 20.2 Å². The molecule has 3 heterocycles. The lowest BCUT2D eigenvalue weighted by atomic mass is 10.00. The first kappa shape index (κ1) is 10.7. The van der Waals surface area contributed by atoms with Gasteiger partial charge in [-0.25, -0.2) is 4.98 Å². The van der Waals surface area contributed by atoms with Gasteiger partial charge < -0.3 is 4.90 Å². The highest BCUT2D eigenvalue weighted by Crippen LogP contribution is 2.44. The molecule has 0 bridgehead atoms. The SMILES string of the molecule is CC1c2nn(C)nc2-c2ccnc(Br)c2N1C. The number of fused-ring (bicyclic) bond motifs is 3. The Balaban J connectivity index is 2.35. The second-order valence-corrected chi connectivity index (χ2v) is 4.96. The Hall–Kier alpha value is -1.43. The van der Waals surface area contributed by atoms with Crippen molar-refractivity contribution in [3.8, 4) is 11.3 Å². The third kappa shape index (κ3) is 1.40. The van der Waals surface area contributed by atoms with Crippen LogP contribution in [0.5, 0.6) is 0 Å². The van der Waals surface area contributed by atoms with Crippen molar-refractivity contribution < 1.29 is 0 Å². The Bertz CT molecular complexity index is 592. The van der Waals surface area contributed by atoms with Crippen LogP contribution in [0, 0.1) is 0 Å². The molecule has 88 valence electrons. The van der Waals surface area contributed by atoms with Crippen LogP contribution in [0.3, 0.4) is 0 Å². The van der Waals surface area contributed by atoms with Crippen molar-refractivity contribution >= 4 is 21.6 Å². The van der Waals surface area contributed by atoms with Gasteiger partial charge >= 0.3 is 0 Å². The monoisotopic (exact) mass is 293 g/mol. The summed E-state index contributed by atoms with van der Waals surface area (Å²) in [5.74, 6) is 0. The largest absolute Gasteiger partial charge is 0.363 e. The average molecular weight is 294 g/mol. The van der Waals surface area contributed by atoms with Gasteiger partial charge in [-0.3, -0.25) is 0 Å². The lowest BCUT2D eigenvalue weighted by Crippen LogP contribution is -2.27. The summed E-state index contributed by atoms with van der Waals surface area (Å²) in [6.07, 6.45) is 1.78. The molecule has 0 aromatic carbocycles. The maximum absolute atomic E-state index is 4.45. The molecular formula is C11H12BrN5. The average Bonchev–Trinajstić information content (AvgIpc) is 2.68. The highest BCUT2D eigenvalue weighted by molar-refractivity contribution is 9.10. The molecule has 0 saturated heterocycles. The summed E-state index contributed by atoms with van der Waals surface area (Å²) in [6.45, 7) is 2.12. The van der Waals surface area contributed by atoms with Crippen molar-refractivity contribution in [2.45, 2.75) is 13.0 Å². The third-order valence-electron chi connectivity index (χ3n) is 3.20. The molecule has 1 aliphatic heterocycles. The first-order chi connectivity index (χ1) is 8.09. The summed E-state index contributed by atoms with van der Waals surface area (Å²) in [4.78, 5) is 8.07. The van der Waals surface area contributed by atoms with Gasteiger partial charge in [0.05, 0.1) is 11.7 Å². The molecule has 1 atom stereocenters. The summed E-state index contributed by atoms with van der Waals surface area (Å²) in [5, 5.41) is 8.89. The molecule has 17 heavy (non-hydrogen) atoms. The van der Waals surface area contributed by atoms with E-state index in [2.05, 4.69) is 42.9 Å². The molecule has 3 rings (SSSR count). The summed E-state index contributed by atoms with van der Waals surface area (Å²) in [7, 11) is 3.90. The summed E-state index contributed by atoms with van der Waals surface area (Å²) < 4.78 is 0.848. The topological polar surface area (TPSA) is 46.8 Å². The fraction of sp³-hybridized carbons (Fsp3) is 0.364. The van der Waals surface area contributed by atoms with Gasteiger partial charge in [0.2, 0.25) is 0 Å². The quantitative estimate of drug-likeness (QED) is 0.699. The Kier molecular flexibility index (Phi) is 2.22. The van der Waals surface area contributed by atoms with Gasteiger partial charge in [0.25, 0.3) is 0 Å². The Labute approximate surface area is 108 Å². The van der Waals surface area contributed by atoms with E-state index in [-0.39, 0.29) is 6.04 Å². The number of anilines is 1. The highest BCUT2D eigenvalue weighted by atomic mass is 79.9. The Morgan fingerprint density at radius 1 is 1.29 bits per heavy atom. The first-order valence-electron chi connectivity index (χ1n) is 5.38. The number of hydrogen-bond donors (Lipinski definition) is 0. The van der Waals surface area contributed by atoms with Crippen molar-refractivity contribution in [3.63, 3.8) is 0 Å². The third-order valence-corrected chi connectivity index (χ3v) is 3.78. The van der Waals surface area contributed by atoms with Gasteiger partial charge in [0.15, 0.2) is 0 Å². The Morgan fingerprint density at radius 2 is 2.06 bits per heavy atom. The van der Waals surface area contributed by atoms with Crippen molar-refractivity contribution in [1.29, 1.82) is 0 Å². The minimum absolute atomic E-state index is 0.201. The molecule has 0 amide bonds. The summed E-state index contributed by atoms with van der Waals surface area (Å²) in [6, 6.07) is 2.18. The molecule has 2 aromatic heterocycles. The van der Waals surface area contributed by atoms with Crippen LogP contribution in [0.1, 0.15) is 18.7 Å². The van der Waals surface area contributed by atoms with Crippen LogP contribution in [-0.4, -0.2) is 27.0 Å². The van der Waals surface area contributed by atoms with E-state index in [0.29, 0.717) is 0 Å². The molecule has 1 aliphatic rings. The smallest absolute Gasteiger partial charge is 0.130 e. The van der Waals surface area contributed by atoms with Crippen LogP contribution < -0.4 is 4.90 Å². The number of aromatic nitrogens is 4. The maximum Gasteiger partial charge on any atom is 0.130 e. The van der Waals surface area contributed by atoms with E-state index in [1.54, 1.807) is 11.0 Å². The summed E-state index contributed by atoms with van der Waals surface area (Å²) >= 11 is 3.50. The van der Waals surface area contributed by atoms with Crippen molar-refractivity contribution in [2.24, 2.45) is 7.05 Å². The zero-order valence-corrected chi connectivity index (χ0v) is 11.4. The van der Waals surface area contributed by atoms with Crippen LogP contribution in [0.15, 0.2) is 16.9 Å². The fourth-order valence-electron chi connectivity index (χ4n) is 2.23. The van der Waals surface area contributed by atoms with Gasteiger partial charge in [-0.05, 0) is 28.9 Å². The molecule has 0 saturated carbocycles. The second-order valence-electron chi connectivity index (χ2n) is 4.21. The van der Waals surface area contributed by atoms with Gasteiger partial charge in [-0.15, -0.1) is 0 Å². The van der Waals surface area contributed by atoms with Gasteiger partial charge in [-0.2, -0.15) is 15.0 Å². The van der Waals surface area contributed by atoms with Gasteiger partial charge in [-0.1, -0.05) is 0 Å². The van der Waals surface area contributed by atoms with E-state index in [1.165, 1.54) is 0 Å². The van der Waals surface area contributed by atoms with E-state index in [4.69, 9.17) is 0 Å². The first-order valence-corrected chi connectivity index (χ1v) is 6.18. The minimum atomic E-state index is 0.201. The lowest BCUT2D eigenvalue weighted by Gasteiger charge is -2.32. The summed E-state index contributed by atoms with van der Waals surface area (Å²) in [5.41, 5.74) is 4.13. The predicted octanol–water partition coefficient (Wildman–Crippen LogP) is 2.15. The van der Waals surface area contributed by atoms with Crippen LogP contribution in [0.2, 0.25) is 0 Å². The van der Waals surface area contributed by atoms with Crippen molar-refractivity contribution in [1.82, 2.24) is 20.0 Å². The molecule has 6 heteroatoms. The molecule has 5 nitrogen and oxygen atoms in total. The predicted molar refractivity (Wildman–Crippen MR) is 68.8 cm³/mol. The highest BCUT2D eigenvalue weighted by Gasteiger charge is 2.31. The minimum Gasteiger partial charge on any atom is -0.363 e. The lowest BCUT2D eigenvalue weighted by molar-refractivity contribution is 0.625. The van der Waals surface area contributed by atoms with Crippen LogP contribution in [-0.2, 0) is 7.05 Å². The maximum atomic E-state index is 4.45. The number of halogens is 1. The number of rotatable bonds is 0. The van der Waals surface area contributed by atoms with Crippen molar-refractivity contribution in [2.75, 3.05) is 11.9 Å². The number of aryl methyl sites for hydroxylation is 1. The van der Waals surface area contributed by atoms with E-state index < -0.39 is 0 Å². The van der Waals surface area contributed by atoms with Crippen LogP contribution in [0.25, 0.3) is 11.3 Å². The number of pyridine rings is 1. The van der Waals surface area contributed by atoms with Crippen molar-refractivity contribution in [3.05, 3.63) is 22.6 Å². The molecule has 0 aliphatic carbocycles. The standard InChI is InChI=1S/C11H12BrN5/c1-6-8-9(15-17(3)14-8)7-4-5-13-11(12)10(7)16(6)2/h4-6H,1-3H3. The van der Waals surface area contributed by atoms with E-state index in [9.17, 15) is 0 Å². The fourth-order valence-corrected chi connectivity index (χ4v) is 2.84. The molecule has 1 unspecified atom stereocenters. The zero-order valence-electron chi connectivity index (χ0n) is 9.85. The van der Waals surface area contributed by atoms with Gasteiger partial charge in [0.1, 0.15) is 16.0 Å².